The average Bonchev–Trinajstić information content (AvgIpc) is 3.62. The van der Waals surface area contributed by atoms with Crippen LogP contribution >= 0.6 is 0 Å². The lowest BCUT2D eigenvalue weighted by molar-refractivity contribution is 0.0930. The summed E-state index contributed by atoms with van der Waals surface area (Å²) in [6, 6.07) is 20.9. The molecule has 2 saturated heterocycles. The number of nitrogens with zero attached hydrogens (tertiary/aromatic N) is 3. The smallest absolute Gasteiger partial charge is 0.251 e. The SMILES string of the molecule is O=C(N[C@@H](c1ccccn1)C1CC1)c1ccc2[nH]nc(-c3ccc(N4C5CCC4CC(O)C5)cc3)c2c1. The summed E-state index contributed by atoms with van der Waals surface area (Å²) in [6.45, 7) is 0. The van der Waals surface area contributed by atoms with E-state index in [0.717, 1.165) is 66.4 Å². The van der Waals surface area contributed by atoms with Crippen LogP contribution in [0.3, 0.4) is 0 Å². The topological polar surface area (TPSA) is 94.1 Å². The summed E-state index contributed by atoms with van der Waals surface area (Å²) in [5, 5.41) is 22.0. The van der Waals surface area contributed by atoms with Gasteiger partial charge in [-0.2, -0.15) is 5.10 Å². The van der Waals surface area contributed by atoms with Gasteiger partial charge in [0.25, 0.3) is 5.91 Å². The molecule has 4 aromatic rings. The maximum absolute atomic E-state index is 13.3. The molecule has 2 bridgehead atoms. The third-order valence-corrected chi connectivity index (χ3v) is 8.36. The van der Waals surface area contributed by atoms with Crippen LogP contribution in [-0.4, -0.2) is 44.4 Å². The number of aliphatic hydroxyl groups excluding tert-OH is 1. The first kappa shape index (κ1) is 22.5. The maximum atomic E-state index is 13.3. The van der Waals surface area contributed by atoms with Gasteiger partial charge in [-0.05, 0) is 86.9 Å². The van der Waals surface area contributed by atoms with Crippen LogP contribution < -0.4 is 10.2 Å². The molecule has 2 aromatic carbocycles. The molecule has 3 aliphatic rings. The van der Waals surface area contributed by atoms with Gasteiger partial charge in [0.1, 0.15) is 0 Å². The number of amides is 1. The summed E-state index contributed by atoms with van der Waals surface area (Å²) < 4.78 is 0. The van der Waals surface area contributed by atoms with E-state index in [0.29, 0.717) is 23.6 Å². The summed E-state index contributed by atoms with van der Waals surface area (Å²) in [6.07, 6.45) is 7.86. The number of carbonyl (C=O) groups is 1. The predicted octanol–water partition coefficient (Wildman–Crippen LogP) is 5.00. The van der Waals surface area contributed by atoms with Crippen LogP contribution in [0.4, 0.5) is 5.69 Å². The van der Waals surface area contributed by atoms with Crippen LogP contribution in [0, 0.1) is 5.92 Å². The summed E-state index contributed by atoms with van der Waals surface area (Å²) >= 11 is 0. The van der Waals surface area contributed by atoms with E-state index in [1.54, 1.807) is 6.20 Å². The van der Waals surface area contributed by atoms with Crippen molar-refractivity contribution >= 4 is 22.5 Å². The molecule has 3 N–H and O–H groups in total. The van der Waals surface area contributed by atoms with E-state index >= 15 is 0 Å². The Morgan fingerprint density at radius 2 is 1.78 bits per heavy atom. The van der Waals surface area contributed by atoms with Crippen LogP contribution in [0.15, 0.2) is 66.9 Å². The zero-order chi connectivity index (χ0) is 24.9. The normalized spacial score (nSPS) is 23.8. The maximum Gasteiger partial charge on any atom is 0.251 e. The highest BCUT2D eigenvalue weighted by atomic mass is 16.3. The van der Waals surface area contributed by atoms with Crippen LogP contribution in [0.5, 0.6) is 0 Å². The van der Waals surface area contributed by atoms with Gasteiger partial charge in [-0.15, -0.1) is 0 Å². The van der Waals surface area contributed by atoms with Gasteiger partial charge in [0.15, 0.2) is 0 Å². The third kappa shape index (κ3) is 4.17. The predicted molar refractivity (Wildman–Crippen MR) is 143 cm³/mol. The molecule has 1 aliphatic carbocycles. The first-order valence-electron chi connectivity index (χ1n) is 13.4. The molecule has 4 heterocycles. The highest BCUT2D eigenvalue weighted by Crippen LogP contribution is 2.41. The van der Waals surface area contributed by atoms with Crippen molar-refractivity contribution in [3.63, 3.8) is 0 Å². The van der Waals surface area contributed by atoms with E-state index in [1.165, 1.54) is 5.69 Å². The van der Waals surface area contributed by atoms with E-state index in [4.69, 9.17) is 0 Å². The zero-order valence-electron chi connectivity index (χ0n) is 20.7. The van der Waals surface area contributed by atoms with Crippen molar-refractivity contribution in [2.75, 3.05) is 4.90 Å². The van der Waals surface area contributed by atoms with Crippen molar-refractivity contribution in [3.8, 4) is 11.3 Å². The Morgan fingerprint density at radius 1 is 1.00 bits per heavy atom. The molecule has 1 saturated carbocycles. The third-order valence-electron chi connectivity index (χ3n) is 8.36. The number of aromatic nitrogens is 3. The summed E-state index contributed by atoms with van der Waals surface area (Å²) in [7, 11) is 0. The second-order valence-corrected chi connectivity index (χ2v) is 10.8. The Balaban J connectivity index is 1.14. The van der Waals surface area contributed by atoms with Crippen molar-refractivity contribution in [3.05, 3.63) is 78.1 Å². The molecule has 2 unspecified atom stereocenters. The lowest BCUT2D eigenvalue weighted by Gasteiger charge is -2.39. The number of aliphatic hydroxyl groups is 1. The summed E-state index contributed by atoms with van der Waals surface area (Å²) in [5.74, 6) is 0.360. The van der Waals surface area contributed by atoms with Crippen molar-refractivity contribution in [2.45, 2.75) is 62.8 Å². The Labute approximate surface area is 215 Å². The van der Waals surface area contributed by atoms with E-state index in [1.807, 2.05) is 36.4 Å². The Hall–Kier alpha value is -3.71. The number of H-pyrrole nitrogens is 1. The number of hydrogen-bond acceptors (Lipinski definition) is 5. The minimum absolute atomic E-state index is 0.0630. The lowest BCUT2D eigenvalue weighted by Crippen LogP contribution is -2.44. The highest BCUT2D eigenvalue weighted by molar-refractivity contribution is 6.01. The van der Waals surface area contributed by atoms with Crippen molar-refractivity contribution < 1.29 is 9.90 Å². The lowest BCUT2D eigenvalue weighted by atomic mass is 9.98. The molecular formula is C30H31N5O2. The molecule has 3 fully saturated rings. The van der Waals surface area contributed by atoms with Crippen LogP contribution in [0.1, 0.15) is 60.6 Å². The number of piperidine rings is 1. The van der Waals surface area contributed by atoms with Crippen molar-refractivity contribution in [1.82, 2.24) is 20.5 Å². The number of benzene rings is 2. The van der Waals surface area contributed by atoms with Crippen molar-refractivity contribution in [2.24, 2.45) is 5.92 Å². The fourth-order valence-electron chi connectivity index (χ4n) is 6.38. The molecule has 0 radical (unpaired) electrons. The zero-order valence-corrected chi connectivity index (χ0v) is 20.7. The molecular weight excluding hydrogens is 462 g/mol. The second kappa shape index (κ2) is 8.99. The summed E-state index contributed by atoms with van der Waals surface area (Å²) in [4.78, 5) is 20.3. The first-order valence-corrected chi connectivity index (χ1v) is 13.4. The number of pyridine rings is 1. The monoisotopic (exact) mass is 493 g/mol. The fourth-order valence-corrected chi connectivity index (χ4v) is 6.38. The molecule has 7 heteroatoms. The minimum Gasteiger partial charge on any atom is -0.393 e. The number of rotatable bonds is 6. The van der Waals surface area contributed by atoms with Crippen molar-refractivity contribution in [1.29, 1.82) is 0 Å². The number of nitrogens with one attached hydrogen (secondary N) is 2. The molecule has 3 atom stereocenters. The standard InChI is InChI=1S/C30H31N5O2/c36-24-16-22-11-12-23(17-24)35(22)21-9-6-18(7-10-21)28-25-15-20(8-13-26(25)33-34-28)30(37)32-29(19-4-5-19)27-3-1-2-14-31-27/h1-3,6-10,13-15,19,22-24,29,36H,4-5,11-12,16-17H2,(H,32,37)(H,33,34)/t22?,23?,24?,29-/m1/s1. The molecule has 7 rings (SSSR count). The van der Waals surface area contributed by atoms with Gasteiger partial charge in [-0.3, -0.25) is 14.9 Å². The number of fused-ring (bicyclic) bond motifs is 3. The second-order valence-electron chi connectivity index (χ2n) is 10.8. The van der Waals surface area contributed by atoms with Gasteiger partial charge in [-0.1, -0.05) is 18.2 Å². The Bertz CT molecular complexity index is 1420. The quantitative estimate of drug-likeness (QED) is 0.352. The fraction of sp³-hybridized carbons (Fsp3) is 0.367. The van der Waals surface area contributed by atoms with E-state index in [2.05, 4.69) is 49.7 Å². The first-order chi connectivity index (χ1) is 18.1. The highest BCUT2D eigenvalue weighted by Gasteiger charge is 2.40. The van der Waals surface area contributed by atoms with Gasteiger partial charge < -0.3 is 15.3 Å². The number of anilines is 1. The van der Waals surface area contributed by atoms with Gasteiger partial charge in [0, 0.05) is 40.5 Å². The van der Waals surface area contributed by atoms with Crippen LogP contribution in [0.25, 0.3) is 22.2 Å². The Kier molecular flexibility index (Phi) is 5.47. The molecule has 1 amide bonds. The number of aromatic amines is 1. The van der Waals surface area contributed by atoms with Gasteiger partial charge in [0.05, 0.1) is 29.1 Å². The molecule has 188 valence electrons. The molecule has 37 heavy (non-hydrogen) atoms. The van der Waals surface area contributed by atoms with Gasteiger partial charge in [-0.25, -0.2) is 0 Å². The van der Waals surface area contributed by atoms with Crippen LogP contribution in [0.2, 0.25) is 0 Å². The minimum atomic E-state index is -0.168. The van der Waals surface area contributed by atoms with Crippen LogP contribution in [-0.2, 0) is 0 Å². The van der Waals surface area contributed by atoms with E-state index < -0.39 is 0 Å². The Morgan fingerprint density at radius 3 is 2.49 bits per heavy atom. The summed E-state index contributed by atoms with van der Waals surface area (Å²) in [5.41, 5.74) is 5.51. The molecule has 2 aromatic heterocycles. The molecule has 0 spiro atoms. The van der Waals surface area contributed by atoms with E-state index in [9.17, 15) is 9.90 Å². The average molecular weight is 494 g/mol. The van der Waals surface area contributed by atoms with E-state index in [-0.39, 0.29) is 18.1 Å². The number of carbonyl (C=O) groups excluding carboxylic acids is 1. The largest absolute Gasteiger partial charge is 0.393 e. The van der Waals surface area contributed by atoms with Gasteiger partial charge in [0.2, 0.25) is 0 Å². The molecule has 2 aliphatic heterocycles. The van der Waals surface area contributed by atoms with Gasteiger partial charge >= 0.3 is 0 Å². The number of hydrogen-bond donors (Lipinski definition) is 3. The molecule has 7 nitrogen and oxygen atoms in total.